The minimum Gasteiger partial charge on any atom is -0.469 e. The zero-order valence-corrected chi connectivity index (χ0v) is 14.8. The van der Waals surface area contributed by atoms with Crippen molar-refractivity contribution in [2.75, 3.05) is 7.11 Å². The first kappa shape index (κ1) is 20.7. The molecule has 2 rings (SSSR count). The lowest BCUT2D eigenvalue weighted by Gasteiger charge is -2.11. The smallest absolute Gasteiger partial charge is 0.305 e. The molecule has 1 aromatic carbocycles. The Morgan fingerprint density at radius 2 is 2.04 bits per heavy atom. The van der Waals surface area contributed by atoms with Gasteiger partial charge in [-0.2, -0.15) is 0 Å². The van der Waals surface area contributed by atoms with Crippen LogP contribution in [0.1, 0.15) is 23.4 Å². The van der Waals surface area contributed by atoms with Gasteiger partial charge in [-0.15, -0.1) is 12.4 Å². The molecule has 0 fully saturated rings. The standard InChI is InChI=1S/C17H21N3O4.ClH/c1-23-16(21)8-7-13-10-14(24-20-13)11-19-17(22)15(18)9-12-5-3-2-4-6-12;/h2-6,10,15H,7-9,11,18H2,1H3,(H,19,22);1H/t15-;/m0./s1. The third-order valence-corrected chi connectivity index (χ3v) is 3.49. The van der Waals surface area contributed by atoms with Crippen LogP contribution in [0.25, 0.3) is 0 Å². The number of nitrogens with two attached hydrogens (primary N) is 1. The molecule has 1 heterocycles. The van der Waals surface area contributed by atoms with Crippen LogP contribution < -0.4 is 11.1 Å². The van der Waals surface area contributed by atoms with E-state index in [0.717, 1.165) is 5.56 Å². The third-order valence-electron chi connectivity index (χ3n) is 3.49. The normalized spacial score (nSPS) is 11.3. The zero-order chi connectivity index (χ0) is 17.4. The third kappa shape index (κ3) is 6.94. The maximum absolute atomic E-state index is 12.0. The molecule has 25 heavy (non-hydrogen) atoms. The molecule has 136 valence electrons. The highest BCUT2D eigenvalue weighted by Crippen LogP contribution is 2.07. The molecular weight excluding hydrogens is 346 g/mol. The molecule has 0 radical (unpaired) electrons. The quantitative estimate of drug-likeness (QED) is 0.682. The Morgan fingerprint density at radius 3 is 2.72 bits per heavy atom. The Bertz CT molecular complexity index is 676. The Balaban J connectivity index is 0.00000312. The lowest BCUT2D eigenvalue weighted by molar-refractivity contribution is -0.140. The number of nitrogens with one attached hydrogen (secondary N) is 1. The lowest BCUT2D eigenvalue weighted by Crippen LogP contribution is -2.41. The molecule has 2 aromatic rings. The summed E-state index contributed by atoms with van der Waals surface area (Å²) in [6, 6.07) is 10.7. The summed E-state index contributed by atoms with van der Waals surface area (Å²) in [7, 11) is 1.34. The molecule has 0 unspecified atom stereocenters. The molecule has 0 saturated heterocycles. The highest BCUT2D eigenvalue weighted by atomic mass is 35.5. The van der Waals surface area contributed by atoms with E-state index >= 15 is 0 Å². The van der Waals surface area contributed by atoms with Gasteiger partial charge in [0.2, 0.25) is 5.91 Å². The number of benzene rings is 1. The van der Waals surface area contributed by atoms with Crippen molar-refractivity contribution in [2.45, 2.75) is 31.8 Å². The fraction of sp³-hybridized carbons (Fsp3) is 0.353. The topological polar surface area (TPSA) is 107 Å². The molecule has 7 nitrogen and oxygen atoms in total. The number of hydrogen-bond donors (Lipinski definition) is 2. The number of nitrogens with zero attached hydrogens (tertiary/aromatic N) is 1. The van der Waals surface area contributed by atoms with Crippen molar-refractivity contribution in [1.29, 1.82) is 0 Å². The summed E-state index contributed by atoms with van der Waals surface area (Å²) in [4.78, 5) is 23.1. The fourth-order valence-corrected chi connectivity index (χ4v) is 2.16. The molecule has 0 saturated carbocycles. The van der Waals surface area contributed by atoms with E-state index in [0.29, 0.717) is 24.3 Å². The highest BCUT2D eigenvalue weighted by Gasteiger charge is 2.15. The minimum absolute atomic E-state index is 0. The van der Waals surface area contributed by atoms with Crippen molar-refractivity contribution < 1.29 is 18.8 Å². The van der Waals surface area contributed by atoms with E-state index < -0.39 is 6.04 Å². The molecule has 8 heteroatoms. The van der Waals surface area contributed by atoms with Gasteiger partial charge in [-0.05, 0) is 12.0 Å². The predicted octanol–water partition coefficient (Wildman–Crippen LogP) is 1.39. The molecule has 1 aromatic heterocycles. The highest BCUT2D eigenvalue weighted by molar-refractivity contribution is 5.85. The Morgan fingerprint density at radius 1 is 1.32 bits per heavy atom. The van der Waals surface area contributed by atoms with E-state index in [2.05, 4.69) is 15.2 Å². The summed E-state index contributed by atoms with van der Waals surface area (Å²) in [6.07, 6.45) is 1.13. The molecule has 0 aliphatic heterocycles. The van der Waals surface area contributed by atoms with Crippen LogP contribution in [0.5, 0.6) is 0 Å². The first-order chi connectivity index (χ1) is 11.6. The van der Waals surface area contributed by atoms with Gasteiger partial charge in [-0.1, -0.05) is 35.5 Å². The second-order valence-corrected chi connectivity index (χ2v) is 5.37. The summed E-state index contributed by atoms with van der Waals surface area (Å²) >= 11 is 0. The second-order valence-electron chi connectivity index (χ2n) is 5.37. The van der Waals surface area contributed by atoms with Gasteiger partial charge >= 0.3 is 5.97 Å². The van der Waals surface area contributed by atoms with Crippen LogP contribution in [0.4, 0.5) is 0 Å². The number of amides is 1. The number of rotatable bonds is 8. The summed E-state index contributed by atoms with van der Waals surface area (Å²) < 4.78 is 9.69. The summed E-state index contributed by atoms with van der Waals surface area (Å²) in [6.45, 7) is 0.201. The van der Waals surface area contributed by atoms with Crippen molar-refractivity contribution in [3.05, 3.63) is 53.4 Å². The average molecular weight is 368 g/mol. The van der Waals surface area contributed by atoms with Crippen molar-refractivity contribution in [2.24, 2.45) is 5.73 Å². The largest absolute Gasteiger partial charge is 0.469 e. The van der Waals surface area contributed by atoms with Gasteiger partial charge in [0.25, 0.3) is 0 Å². The summed E-state index contributed by atoms with van der Waals surface area (Å²) in [5, 5.41) is 6.57. The maximum Gasteiger partial charge on any atom is 0.305 e. The minimum atomic E-state index is -0.630. The van der Waals surface area contributed by atoms with Crippen LogP contribution in [-0.4, -0.2) is 30.2 Å². The summed E-state index contributed by atoms with van der Waals surface area (Å²) in [5.74, 6) is -0.0544. The molecule has 0 aliphatic carbocycles. The number of carbonyl (C=O) groups is 2. The van der Waals surface area contributed by atoms with Crippen molar-refractivity contribution in [3.8, 4) is 0 Å². The number of ether oxygens (including phenoxy) is 1. The van der Waals surface area contributed by atoms with E-state index in [-0.39, 0.29) is 37.2 Å². The number of methoxy groups -OCH3 is 1. The van der Waals surface area contributed by atoms with E-state index in [1.54, 1.807) is 6.07 Å². The van der Waals surface area contributed by atoms with E-state index in [4.69, 9.17) is 10.3 Å². The molecular formula is C17H22ClN3O4. The van der Waals surface area contributed by atoms with Gasteiger partial charge in [0.1, 0.15) is 0 Å². The van der Waals surface area contributed by atoms with Crippen LogP contribution in [-0.2, 0) is 33.7 Å². The van der Waals surface area contributed by atoms with Crippen LogP contribution >= 0.6 is 12.4 Å². The average Bonchev–Trinajstić information content (AvgIpc) is 3.06. The number of carbonyl (C=O) groups excluding carboxylic acids is 2. The van der Waals surface area contributed by atoms with Gasteiger partial charge < -0.3 is 20.3 Å². The van der Waals surface area contributed by atoms with Gasteiger partial charge in [0.05, 0.1) is 31.8 Å². The zero-order valence-electron chi connectivity index (χ0n) is 13.9. The number of esters is 1. The molecule has 1 amide bonds. The van der Waals surface area contributed by atoms with Crippen LogP contribution in [0.3, 0.4) is 0 Å². The number of aromatic nitrogens is 1. The van der Waals surface area contributed by atoms with Gasteiger partial charge in [0, 0.05) is 12.5 Å². The number of hydrogen-bond acceptors (Lipinski definition) is 6. The first-order valence-corrected chi connectivity index (χ1v) is 7.67. The van der Waals surface area contributed by atoms with Crippen molar-refractivity contribution in [3.63, 3.8) is 0 Å². The van der Waals surface area contributed by atoms with Crippen molar-refractivity contribution in [1.82, 2.24) is 10.5 Å². The fourth-order valence-electron chi connectivity index (χ4n) is 2.16. The Hall–Kier alpha value is -2.38. The summed E-state index contributed by atoms with van der Waals surface area (Å²) in [5.41, 5.74) is 7.55. The second kappa shape index (κ2) is 10.5. The van der Waals surface area contributed by atoms with Gasteiger partial charge in [0.15, 0.2) is 5.76 Å². The number of halogens is 1. The SMILES string of the molecule is COC(=O)CCc1cc(CNC(=O)[C@@H](N)Cc2ccccc2)on1.Cl. The monoisotopic (exact) mass is 367 g/mol. The maximum atomic E-state index is 12.0. The molecule has 3 N–H and O–H groups in total. The molecule has 0 aliphatic rings. The van der Waals surface area contributed by atoms with Crippen molar-refractivity contribution >= 4 is 24.3 Å². The van der Waals surface area contributed by atoms with Crippen LogP contribution in [0.2, 0.25) is 0 Å². The molecule has 0 spiro atoms. The molecule has 1 atom stereocenters. The van der Waals surface area contributed by atoms with Gasteiger partial charge in [-0.3, -0.25) is 9.59 Å². The van der Waals surface area contributed by atoms with E-state index in [1.807, 2.05) is 30.3 Å². The predicted molar refractivity (Wildman–Crippen MR) is 94.1 cm³/mol. The van der Waals surface area contributed by atoms with E-state index in [9.17, 15) is 9.59 Å². The van der Waals surface area contributed by atoms with E-state index in [1.165, 1.54) is 7.11 Å². The van der Waals surface area contributed by atoms with Crippen LogP contribution in [0.15, 0.2) is 40.9 Å². The lowest BCUT2D eigenvalue weighted by atomic mass is 10.1. The van der Waals surface area contributed by atoms with Crippen LogP contribution in [0, 0.1) is 0 Å². The van der Waals surface area contributed by atoms with Gasteiger partial charge in [-0.25, -0.2) is 0 Å². The number of aryl methyl sites for hydroxylation is 1. The first-order valence-electron chi connectivity index (χ1n) is 7.67. The molecule has 0 bridgehead atoms. The Labute approximate surface area is 152 Å². The Kier molecular flexibility index (Phi) is 8.66.